The van der Waals surface area contributed by atoms with E-state index in [1.54, 1.807) is 51.6 Å². The normalized spacial score (nSPS) is 15.7. The summed E-state index contributed by atoms with van der Waals surface area (Å²) in [5.41, 5.74) is -4.09. The van der Waals surface area contributed by atoms with Gasteiger partial charge in [0.05, 0.1) is 82.2 Å². The summed E-state index contributed by atoms with van der Waals surface area (Å²) in [7, 11) is 0. The Morgan fingerprint density at radius 3 is 1.08 bits per heavy atom. The predicted molar refractivity (Wildman–Crippen MR) is 424 cm³/mol. The molecule has 15 rings (SSSR count). The number of aryl methyl sites for hydroxylation is 3. The minimum Gasteiger partial charge on any atom is -0.324 e. The van der Waals surface area contributed by atoms with Gasteiger partial charge in [-0.15, -0.1) is 0 Å². The maximum Gasteiger partial charge on any atom is 0.255 e. The lowest BCUT2D eigenvalue weighted by molar-refractivity contribution is 0.101. The van der Waals surface area contributed by atoms with Crippen LogP contribution in [0.3, 0.4) is 0 Å². The summed E-state index contributed by atoms with van der Waals surface area (Å²) in [5.74, 6) is -4.39. The number of nitrogens with zero attached hydrogens (tertiary/aromatic N) is 14. The smallest absolute Gasteiger partial charge is 0.255 e. The summed E-state index contributed by atoms with van der Waals surface area (Å²) in [4.78, 5) is 85.0. The number of hydrogen-bond donors (Lipinski definition) is 6. The third-order valence-electron chi connectivity index (χ3n) is 14.5. The van der Waals surface area contributed by atoms with Crippen LogP contribution in [0.5, 0.6) is 0 Å². The van der Waals surface area contributed by atoms with E-state index < -0.39 is 216 Å². The summed E-state index contributed by atoms with van der Waals surface area (Å²) >= 11 is 0. The zero-order chi connectivity index (χ0) is 106. The van der Waals surface area contributed by atoms with Crippen molar-refractivity contribution < 1.29 is 63.7 Å². The van der Waals surface area contributed by atoms with Gasteiger partial charge in [-0.25, -0.2) is 39.9 Å². The molecule has 0 atom stereocenters. The van der Waals surface area contributed by atoms with Crippen LogP contribution in [-0.2, 0) is 0 Å². The number of hydrogen-bond acceptors (Lipinski definition) is 17. The maximum atomic E-state index is 13.8. The van der Waals surface area contributed by atoms with Gasteiger partial charge in [0, 0.05) is 173 Å². The Hall–Kier alpha value is -14.5. The molecule has 0 saturated heterocycles. The molecule has 23 nitrogen and oxygen atoms in total. The molecule has 0 unspecified atom stereocenters. The van der Waals surface area contributed by atoms with E-state index in [2.05, 4.69) is 86.7 Å². The highest BCUT2D eigenvalue weighted by atomic mass is 16.2. The number of carbonyl (C=O) groups is 3. The van der Waals surface area contributed by atoms with Gasteiger partial charge in [-0.3, -0.25) is 29.3 Å². The van der Waals surface area contributed by atoms with Gasteiger partial charge in [0.15, 0.2) is 0 Å². The first-order chi connectivity index (χ1) is 67.3. The minimum atomic E-state index is -3.09. The van der Waals surface area contributed by atoms with Gasteiger partial charge in [0.1, 0.15) is 0 Å². The molecule has 0 radical (unpaired) electrons. The number of carbonyl (C=O) groups excluding carboxylic acids is 3. The van der Waals surface area contributed by atoms with Crippen LogP contribution in [0.15, 0.2) is 262 Å². The van der Waals surface area contributed by atoms with Crippen molar-refractivity contribution in [1.82, 2.24) is 68.5 Å². The first-order valence-corrected chi connectivity index (χ1v) is 31.8. The third kappa shape index (κ3) is 18.5. The maximum absolute atomic E-state index is 13.8. The van der Waals surface area contributed by atoms with Crippen molar-refractivity contribution in [1.29, 1.82) is 0 Å². The Balaban J connectivity index is 0.000000181. The number of imidazole rings is 2. The summed E-state index contributed by atoms with van der Waals surface area (Å²) in [6, 6.07) is -6.91. The average Bonchev–Trinajstić information content (AvgIpc) is 1.13. The van der Waals surface area contributed by atoms with E-state index in [0.29, 0.717) is 11.4 Å². The summed E-state index contributed by atoms with van der Waals surface area (Å²) in [6.45, 7) is 4.91. The number of aromatic nitrogens is 14. The second-order valence-corrected chi connectivity index (χ2v) is 22.8. The standard InChI is InChI=1S/C29H26N6O.2C28H25N7O/c1-19-9-12-35(18-19)25-14-20(2)13-24(16-25)32-28(36)22-7-6-21(3)27(15-22)34-29-31-11-8-26(33-29)23-5-4-10-30-17-23;2*1-18-11-23(14-24(12-18)35-16-20(3)31-17-35)32-27(36)21-7-6-19(2)26(13-21)34-28-30-10-8-25(33-28)22-5-4-9-29-15-22/h4-18H,1-3H3,(H,32,36)(H,31,33,34);2*4-17H,1-3H3,(H,32,36)(H,30,33,34)/i3D3,4D,5D,6D,7D,10D,13D,14D,15D,16D,17D;2D3,4D,5D,6D,7D,9D,11D,12D,13D,14D,15D;4D,5D,6D,7D,9D,11D,12D,13D,14D,15D. The first kappa shape index (κ1) is 40.0. The van der Waals surface area contributed by atoms with E-state index in [4.69, 9.17) is 49.3 Å². The third-order valence-corrected chi connectivity index (χ3v) is 14.5. The highest BCUT2D eigenvalue weighted by molar-refractivity contribution is 6.07. The molecule has 3 amide bonds. The van der Waals surface area contributed by atoms with E-state index in [9.17, 15) is 14.4 Å². The monoisotopic (exact) mass is 1460 g/mol. The Morgan fingerprint density at radius 1 is 0.380 bits per heavy atom. The van der Waals surface area contributed by atoms with Crippen LogP contribution in [0.1, 0.15) is 131 Å². The molecule has 0 bridgehead atoms. The number of benzene rings is 6. The topological polar surface area (TPSA) is 280 Å². The lowest BCUT2D eigenvalue weighted by atomic mass is 10.1. The van der Waals surface area contributed by atoms with E-state index in [1.165, 1.54) is 84.6 Å². The SMILES string of the molecule is [2H]c1nc([2H])c(-c2ccnc(Nc3c([2H])c(C(=O)Nc4c([2H])c(C)c([2H])c(-n5ccc(C)c5)c4[2H])c([2H])c([2H])c3C([2H])([2H])[2H])n2)c([2H])c1[2H].[2H]c1nc([2H])c(-c2ccnc(Nc3c([2H])c(C(=O)Nc4c([2H])c(C)c([2H])c(-n5cnc(C)c5)c4[2H])c([2H])c([2H])c3C([2H])([2H])[2H])n2)c([2H])c1[2H].[2H]c1nc([2H])c(-c2ccnc(Nc3c([2H])c(C(=O)Nc4c([2H])c(C)c([2H])c(-n5cnc(C)c5)c4[2H])c([2H])c([2H])c3C)n2)c([2H])c1[2H]. The van der Waals surface area contributed by atoms with Crippen LogP contribution in [0.25, 0.3) is 50.8 Å². The van der Waals surface area contributed by atoms with Gasteiger partial charge in [-0.2, -0.15) is 0 Å². The molecular weight excluding hydrogens is 1350 g/mol. The van der Waals surface area contributed by atoms with Crippen molar-refractivity contribution in [3.05, 3.63) is 329 Å². The molecule has 0 aliphatic carbocycles. The highest BCUT2D eigenvalue weighted by Crippen LogP contribution is 2.30. The molecule has 534 valence electrons. The molecule has 108 heavy (non-hydrogen) atoms. The Bertz CT molecular complexity index is 7580. The van der Waals surface area contributed by atoms with Crippen LogP contribution in [0, 0.1) is 62.2 Å². The van der Waals surface area contributed by atoms with Crippen molar-refractivity contribution in [2.75, 3.05) is 31.9 Å². The molecule has 0 aliphatic heterocycles. The van der Waals surface area contributed by atoms with Crippen LogP contribution in [0.2, 0.25) is 0 Å². The lowest BCUT2D eigenvalue weighted by Crippen LogP contribution is -2.13. The van der Waals surface area contributed by atoms with Gasteiger partial charge in [-0.05, 0) is 252 Å². The number of anilines is 9. The molecule has 0 fully saturated rings. The molecule has 6 N–H and O–H groups in total. The van der Waals surface area contributed by atoms with Gasteiger partial charge in [0.2, 0.25) is 17.8 Å². The zero-order valence-electron chi connectivity index (χ0n) is 93.5. The van der Waals surface area contributed by atoms with E-state index in [-0.39, 0.29) is 150 Å². The molecule has 0 spiro atoms. The van der Waals surface area contributed by atoms with Crippen molar-refractivity contribution in [3.8, 4) is 50.8 Å². The van der Waals surface area contributed by atoms with Gasteiger partial charge in [-0.1, -0.05) is 18.1 Å². The van der Waals surface area contributed by atoms with Gasteiger partial charge < -0.3 is 45.6 Å². The number of nitrogens with one attached hydrogen (secondary N) is 6. The fourth-order valence-electron chi connectivity index (χ4n) is 9.56. The van der Waals surface area contributed by atoms with Crippen LogP contribution < -0.4 is 31.9 Å². The van der Waals surface area contributed by atoms with Crippen molar-refractivity contribution in [2.45, 2.75) is 62.2 Å². The molecule has 15 aromatic rings. The van der Waals surface area contributed by atoms with Crippen molar-refractivity contribution in [2.24, 2.45) is 0 Å². The molecule has 23 heteroatoms. The fraction of sp³-hybridized carbons (Fsp3) is 0.106. The second-order valence-electron chi connectivity index (χ2n) is 22.8. The number of rotatable bonds is 18. The Morgan fingerprint density at radius 2 is 0.741 bits per heavy atom. The fourth-order valence-corrected chi connectivity index (χ4v) is 9.56. The quantitative estimate of drug-likeness (QED) is 0.0466. The van der Waals surface area contributed by atoms with Crippen LogP contribution >= 0.6 is 0 Å². The van der Waals surface area contributed by atoms with Crippen LogP contribution in [0.4, 0.5) is 52.0 Å². The molecule has 0 saturated carbocycles. The molecule has 6 aromatic carbocycles. The summed E-state index contributed by atoms with van der Waals surface area (Å²) in [5, 5.41) is 15.0. The summed E-state index contributed by atoms with van der Waals surface area (Å²) in [6.07, 6.45) is 9.56. The largest absolute Gasteiger partial charge is 0.324 e. The second kappa shape index (κ2) is 32.9. The average molecular weight is 1460 g/mol. The number of pyridine rings is 3. The molecule has 0 aliphatic rings. The predicted octanol–water partition coefficient (Wildman–Crippen LogP) is 17.5. The van der Waals surface area contributed by atoms with Gasteiger partial charge in [0.25, 0.3) is 17.7 Å². The van der Waals surface area contributed by atoms with Crippen molar-refractivity contribution >= 4 is 69.7 Å². The molecule has 9 aromatic heterocycles. The van der Waals surface area contributed by atoms with E-state index in [0.717, 1.165) is 11.8 Å². The first-order valence-electron chi connectivity index (χ1n) is 49.8. The minimum absolute atomic E-state index is 0.00307. The number of amides is 3. The highest BCUT2D eigenvalue weighted by Gasteiger charge is 2.17. The molecular formula is C85H76N20O3. The van der Waals surface area contributed by atoms with E-state index in [1.807, 2.05) is 0 Å². The zero-order valence-corrected chi connectivity index (χ0v) is 57.5. The van der Waals surface area contributed by atoms with Gasteiger partial charge >= 0.3 is 0 Å². The van der Waals surface area contributed by atoms with Crippen molar-refractivity contribution in [3.63, 3.8) is 0 Å². The Labute approximate surface area is 675 Å². The summed E-state index contributed by atoms with van der Waals surface area (Å²) < 4.78 is 303. The molecule has 9 heterocycles. The Kier molecular flexibility index (Phi) is 12.2. The lowest BCUT2D eigenvalue weighted by Gasteiger charge is -2.13. The van der Waals surface area contributed by atoms with E-state index >= 15 is 0 Å². The van der Waals surface area contributed by atoms with Crippen LogP contribution in [-0.4, -0.2) is 86.2 Å².